The third-order valence-electron chi connectivity index (χ3n) is 2.44. The number of carboxylic acid groups (broad SMARTS) is 1. The Labute approximate surface area is 113 Å². The smallest absolute Gasteiger partial charge is 0.303 e. The third-order valence-corrected chi connectivity index (χ3v) is 2.44. The largest absolute Gasteiger partial charge is 0.481 e. The summed E-state index contributed by atoms with van der Waals surface area (Å²) in [6.07, 6.45) is 6.92. The molecule has 2 N–H and O–H groups in total. The second kappa shape index (κ2) is 9.13. The normalized spacial score (nSPS) is 10.2. The van der Waals surface area contributed by atoms with Crippen molar-refractivity contribution in [3.05, 3.63) is 12.4 Å². The van der Waals surface area contributed by atoms with Crippen molar-refractivity contribution in [3.8, 4) is 5.88 Å². The van der Waals surface area contributed by atoms with Crippen LogP contribution < -0.4 is 10.1 Å². The van der Waals surface area contributed by atoms with Crippen LogP contribution in [0.2, 0.25) is 0 Å². The van der Waals surface area contributed by atoms with Crippen molar-refractivity contribution in [2.24, 2.45) is 0 Å². The summed E-state index contributed by atoms with van der Waals surface area (Å²) in [4.78, 5) is 18.6. The minimum atomic E-state index is -0.736. The van der Waals surface area contributed by atoms with Crippen molar-refractivity contribution >= 4 is 11.8 Å². The fourth-order valence-electron chi connectivity index (χ4n) is 1.50. The molecule has 106 valence electrons. The Morgan fingerprint density at radius 3 is 2.95 bits per heavy atom. The Bertz CT molecular complexity index is 385. The molecule has 0 saturated carbocycles. The zero-order chi connectivity index (χ0) is 13.9. The van der Waals surface area contributed by atoms with Gasteiger partial charge in [-0.2, -0.15) is 4.98 Å². The maximum atomic E-state index is 10.3. The molecule has 0 fully saturated rings. The molecule has 1 aromatic rings. The molecule has 0 aliphatic rings. The molecular formula is C13H21N3O3. The highest BCUT2D eigenvalue weighted by Gasteiger charge is 2.00. The molecule has 0 aliphatic carbocycles. The Hall–Kier alpha value is -1.85. The fourth-order valence-corrected chi connectivity index (χ4v) is 1.50. The number of aromatic nitrogens is 2. The van der Waals surface area contributed by atoms with Gasteiger partial charge in [-0.1, -0.05) is 13.3 Å². The number of hydrogen-bond acceptors (Lipinski definition) is 5. The molecule has 0 unspecified atom stereocenters. The van der Waals surface area contributed by atoms with E-state index in [1.54, 1.807) is 12.4 Å². The van der Waals surface area contributed by atoms with Gasteiger partial charge >= 0.3 is 5.97 Å². The first-order chi connectivity index (χ1) is 9.22. The minimum absolute atomic E-state index is 0.236. The number of unbranched alkanes of at least 4 members (excludes halogenated alkanes) is 2. The summed E-state index contributed by atoms with van der Waals surface area (Å²) in [5.41, 5.74) is 0. The van der Waals surface area contributed by atoms with Gasteiger partial charge in [0, 0.05) is 13.0 Å². The maximum absolute atomic E-state index is 10.3. The predicted molar refractivity (Wildman–Crippen MR) is 72.4 cm³/mol. The molecule has 1 heterocycles. The second-order valence-electron chi connectivity index (χ2n) is 4.22. The molecule has 1 rings (SSSR count). The molecule has 0 amide bonds. The van der Waals surface area contributed by atoms with Crippen molar-refractivity contribution in [1.82, 2.24) is 9.97 Å². The van der Waals surface area contributed by atoms with Crippen molar-refractivity contribution in [2.75, 3.05) is 18.5 Å². The lowest BCUT2D eigenvalue weighted by Crippen LogP contribution is -2.06. The van der Waals surface area contributed by atoms with Crippen LogP contribution in [-0.2, 0) is 4.79 Å². The highest BCUT2D eigenvalue weighted by molar-refractivity contribution is 5.66. The summed E-state index contributed by atoms with van der Waals surface area (Å²) >= 11 is 0. The lowest BCUT2D eigenvalue weighted by molar-refractivity contribution is -0.137. The van der Waals surface area contributed by atoms with Crippen molar-refractivity contribution in [2.45, 2.75) is 39.0 Å². The van der Waals surface area contributed by atoms with E-state index in [0.29, 0.717) is 24.7 Å². The van der Waals surface area contributed by atoms with E-state index in [0.717, 1.165) is 25.8 Å². The van der Waals surface area contributed by atoms with E-state index < -0.39 is 5.97 Å². The molecule has 6 heteroatoms. The Kier molecular flexibility index (Phi) is 7.31. The summed E-state index contributed by atoms with van der Waals surface area (Å²) < 4.78 is 5.39. The summed E-state index contributed by atoms with van der Waals surface area (Å²) in [7, 11) is 0. The average Bonchev–Trinajstić information content (AvgIpc) is 2.40. The molecule has 0 spiro atoms. The van der Waals surface area contributed by atoms with E-state index in [-0.39, 0.29) is 6.42 Å². The number of carboxylic acids is 1. The number of nitrogens with zero attached hydrogens (tertiary/aromatic N) is 2. The summed E-state index contributed by atoms with van der Waals surface area (Å²) in [5.74, 6) is 0.476. The van der Waals surface area contributed by atoms with Gasteiger partial charge in [-0.3, -0.25) is 9.78 Å². The van der Waals surface area contributed by atoms with Gasteiger partial charge in [0.15, 0.2) is 0 Å². The van der Waals surface area contributed by atoms with Gasteiger partial charge in [-0.25, -0.2) is 0 Å². The number of anilines is 1. The van der Waals surface area contributed by atoms with Gasteiger partial charge in [0.05, 0.1) is 19.0 Å². The summed E-state index contributed by atoms with van der Waals surface area (Å²) in [5, 5.41) is 11.7. The van der Waals surface area contributed by atoms with E-state index in [2.05, 4.69) is 15.3 Å². The van der Waals surface area contributed by atoms with Crippen LogP contribution in [0.1, 0.15) is 39.0 Å². The highest BCUT2D eigenvalue weighted by Crippen LogP contribution is 2.09. The van der Waals surface area contributed by atoms with E-state index in [1.165, 1.54) is 0 Å². The van der Waals surface area contributed by atoms with Crippen molar-refractivity contribution in [3.63, 3.8) is 0 Å². The molecule has 0 atom stereocenters. The molecule has 0 radical (unpaired) electrons. The van der Waals surface area contributed by atoms with E-state index >= 15 is 0 Å². The number of carbonyl (C=O) groups is 1. The van der Waals surface area contributed by atoms with Crippen molar-refractivity contribution in [1.29, 1.82) is 0 Å². The van der Waals surface area contributed by atoms with Gasteiger partial charge in [0.2, 0.25) is 5.88 Å². The number of ether oxygens (including phenoxy) is 1. The Morgan fingerprint density at radius 2 is 2.21 bits per heavy atom. The molecule has 0 aromatic carbocycles. The van der Waals surface area contributed by atoms with Gasteiger partial charge in [-0.05, 0) is 19.3 Å². The molecular weight excluding hydrogens is 246 g/mol. The second-order valence-corrected chi connectivity index (χ2v) is 4.22. The molecule has 0 bridgehead atoms. The number of rotatable bonds is 10. The van der Waals surface area contributed by atoms with Crippen LogP contribution in [0.25, 0.3) is 0 Å². The van der Waals surface area contributed by atoms with Crippen LogP contribution in [0.3, 0.4) is 0 Å². The maximum Gasteiger partial charge on any atom is 0.303 e. The molecule has 1 aromatic heterocycles. The van der Waals surface area contributed by atoms with Gasteiger partial charge in [-0.15, -0.1) is 0 Å². The average molecular weight is 267 g/mol. The lowest BCUT2D eigenvalue weighted by Gasteiger charge is -2.07. The minimum Gasteiger partial charge on any atom is -0.481 e. The first kappa shape index (κ1) is 15.2. The third kappa shape index (κ3) is 7.23. The van der Waals surface area contributed by atoms with E-state index in [4.69, 9.17) is 9.84 Å². The molecule has 6 nitrogen and oxygen atoms in total. The van der Waals surface area contributed by atoms with Crippen LogP contribution in [0.5, 0.6) is 5.88 Å². The number of aliphatic carboxylic acids is 1. The van der Waals surface area contributed by atoms with Crippen LogP contribution >= 0.6 is 0 Å². The predicted octanol–water partition coefficient (Wildman–Crippen LogP) is 2.32. The topological polar surface area (TPSA) is 84.3 Å². The van der Waals surface area contributed by atoms with Crippen LogP contribution in [0.15, 0.2) is 12.4 Å². The van der Waals surface area contributed by atoms with Crippen LogP contribution in [0.4, 0.5) is 5.82 Å². The quantitative estimate of drug-likeness (QED) is 0.633. The molecule has 0 saturated heterocycles. The van der Waals surface area contributed by atoms with Gasteiger partial charge in [0.25, 0.3) is 0 Å². The lowest BCUT2D eigenvalue weighted by atomic mass is 10.2. The Balaban J connectivity index is 2.19. The SMILES string of the molecule is CCCOc1cncc(NCCCCCC(=O)O)n1. The zero-order valence-electron chi connectivity index (χ0n) is 11.3. The first-order valence-electron chi connectivity index (χ1n) is 6.63. The number of nitrogens with one attached hydrogen (secondary N) is 1. The fraction of sp³-hybridized carbons (Fsp3) is 0.615. The Morgan fingerprint density at radius 1 is 1.37 bits per heavy atom. The van der Waals surface area contributed by atoms with Crippen LogP contribution in [0, 0.1) is 0 Å². The van der Waals surface area contributed by atoms with E-state index in [9.17, 15) is 4.79 Å². The molecule has 0 aliphatic heterocycles. The highest BCUT2D eigenvalue weighted by atomic mass is 16.5. The number of hydrogen-bond donors (Lipinski definition) is 2. The van der Waals surface area contributed by atoms with E-state index in [1.807, 2.05) is 6.92 Å². The monoisotopic (exact) mass is 267 g/mol. The van der Waals surface area contributed by atoms with Crippen molar-refractivity contribution < 1.29 is 14.6 Å². The van der Waals surface area contributed by atoms with Crippen LogP contribution in [-0.4, -0.2) is 34.2 Å². The standard InChI is InChI=1S/C13H21N3O3/c1-2-8-19-12-10-14-9-11(16-12)15-7-5-3-4-6-13(17)18/h9-10H,2-8H2,1H3,(H,15,16)(H,17,18). The summed E-state index contributed by atoms with van der Waals surface area (Å²) in [6, 6.07) is 0. The first-order valence-corrected chi connectivity index (χ1v) is 6.63. The van der Waals surface area contributed by atoms with Gasteiger partial charge < -0.3 is 15.2 Å². The molecule has 19 heavy (non-hydrogen) atoms. The summed E-state index contributed by atoms with van der Waals surface area (Å²) in [6.45, 7) is 3.42. The van der Waals surface area contributed by atoms with Gasteiger partial charge in [0.1, 0.15) is 5.82 Å². The zero-order valence-corrected chi connectivity index (χ0v) is 11.3.